The Morgan fingerprint density at radius 2 is 2.00 bits per heavy atom. The summed E-state index contributed by atoms with van der Waals surface area (Å²) in [5.41, 5.74) is 5.81. The molecule has 0 unspecified atom stereocenters. The molecule has 2 N–H and O–H groups in total. The van der Waals surface area contributed by atoms with Gasteiger partial charge in [-0.25, -0.2) is 8.78 Å². The highest BCUT2D eigenvalue weighted by molar-refractivity contribution is 5.78. The first kappa shape index (κ1) is 14.7. The van der Waals surface area contributed by atoms with Gasteiger partial charge in [0.1, 0.15) is 0 Å². The van der Waals surface area contributed by atoms with E-state index in [2.05, 4.69) is 0 Å². The van der Waals surface area contributed by atoms with E-state index < -0.39 is 17.4 Å². The van der Waals surface area contributed by atoms with Crippen LogP contribution < -0.4 is 10.5 Å². The van der Waals surface area contributed by atoms with Crippen LogP contribution in [0.4, 0.5) is 8.78 Å². The summed E-state index contributed by atoms with van der Waals surface area (Å²) in [4.78, 5) is 13.3. The number of likely N-dealkylation sites (N-methyl/N-ethyl adjacent to an activating group) is 1. The first-order valence-electron chi connectivity index (χ1n) is 6.59. The minimum atomic E-state index is -0.810. The van der Waals surface area contributed by atoms with Crippen molar-refractivity contribution in [3.63, 3.8) is 0 Å². The second-order valence-corrected chi connectivity index (χ2v) is 4.95. The molecule has 1 aliphatic carbocycles. The van der Waals surface area contributed by atoms with Crippen LogP contribution in [0, 0.1) is 11.6 Å². The van der Waals surface area contributed by atoms with Crippen LogP contribution in [0.5, 0.6) is 5.75 Å². The minimum Gasteiger partial charge on any atom is -0.478 e. The molecule has 0 aliphatic heterocycles. The summed E-state index contributed by atoms with van der Waals surface area (Å²) in [7, 11) is 1.67. The van der Waals surface area contributed by atoms with E-state index in [1.807, 2.05) is 0 Å². The van der Waals surface area contributed by atoms with Gasteiger partial charge >= 0.3 is 0 Å². The van der Waals surface area contributed by atoms with Crippen molar-refractivity contribution in [1.29, 1.82) is 0 Å². The SMILES string of the molecule is CN(C(=O)COc1c(F)cc(CCN)cc1F)C1CC1. The lowest BCUT2D eigenvalue weighted by atomic mass is 10.1. The molecule has 110 valence electrons. The van der Waals surface area contributed by atoms with Gasteiger partial charge in [-0.15, -0.1) is 0 Å². The number of ether oxygens (including phenoxy) is 1. The van der Waals surface area contributed by atoms with E-state index >= 15 is 0 Å². The molecular weight excluding hydrogens is 266 g/mol. The highest BCUT2D eigenvalue weighted by Gasteiger charge is 2.29. The van der Waals surface area contributed by atoms with Crippen LogP contribution in [0.1, 0.15) is 18.4 Å². The molecule has 4 nitrogen and oxygen atoms in total. The quantitative estimate of drug-likeness (QED) is 0.860. The van der Waals surface area contributed by atoms with Crippen LogP contribution in [0.2, 0.25) is 0 Å². The molecule has 0 saturated heterocycles. The first-order chi connectivity index (χ1) is 9.52. The zero-order chi connectivity index (χ0) is 14.7. The van der Waals surface area contributed by atoms with Crippen molar-refractivity contribution in [2.75, 3.05) is 20.2 Å². The van der Waals surface area contributed by atoms with Crippen LogP contribution >= 0.6 is 0 Å². The van der Waals surface area contributed by atoms with Crippen LogP contribution in [-0.2, 0) is 11.2 Å². The molecule has 2 rings (SSSR count). The molecule has 1 amide bonds. The van der Waals surface area contributed by atoms with Gasteiger partial charge in [0, 0.05) is 13.1 Å². The van der Waals surface area contributed by atoms with Crippen molar-refractivity contribution in [2.24, 2.45) is 5.73 Å². The molecule has 1 aliphatic rings. The van der Waals surface area contributed by atoms with Gasteiger partial charge in [0.25, 0.3) is 5.91 Å². The van der Waals surface area contributed by atoms with Crippen LogP contribution in [0.15, 0.2) is 12.1 Å². The number of benzene rings is 1. The molecule has 1 fully saturated rings. The van der Waals surface area contributed by atoms with E-state index in [1.165, 1.54) is 12.1 Å². The lowest BCUT2D eigenvalue weighted by Crippen LogP contribution is -2.33. The Balaban J connectivity index is 2.00. The fraction of sp³-hybridized carbons (Fsp3) is 0.500. The normalized spacial score (nSPS) is 14.2. The highest BCUT2D eigenvalue weighted by Crippen LogP contribution is 2.26. The zero-order valence-corrected chi connectivity index (χ0v) is 11.4. The number of halogens is 2. The van der Waals surface area contributed by atoms with E-state index in [0.29, 0.717) is 18.5 Å². The second kappa shape index (κ2) is 6.17. The average molecular weight is 284 g/mol. The zero-order valence-electron chi connectivity index (χ0n) is 11.4. The molecule has 6 heteroatoms. The van der Waals surface area contributed by atoms with Crippen LogP contribution in [0.25, 0.3) is 0 Å². The van der Waals surface area contributed by atoms with Crippen molar-refractivity contribution in [1.82, 2.24) is 4.90 Å². The predicted molar refractivity (Wildman–Crippen MR) is 70.4 cm³/mol. The van der Waals surface area contributed by atoms with E-state index in [4.69, 9.17) is 10.5 Å². The molecule has 1 aromatic carbocycles. The third-order valence-electron chi connectivity index (χ3n) is 3.32. The smallest absolute Gasteiger partial charge is 0.260 e. The number of hydrogen-bond donors (Lipinski definition) is 1. The molecule has 0 aromatic heterocycles. The molecule has 1 saturated carbocycles. The summed E-state index contributed by atoms with van der Waals surface area (Å²) in [6.45, 7) is -0.0547. The van der Waals surface area contributed by atoms with Gasteiger partial charge in [-0.3, -0.25) is 4.79 Å². The number of rotatable bonds is 6. The van der Waals surface area contributed by atoms with Crippen molar-refractivity contribution in [3.05, 3.63) is 29.3 Å². The summed E-state index contributed by atoms with van der Waals surface area (Å²) in [6, 6.07) is 2.61. The van der Waals surface area contributed by atoms with E-state index in [-0.39, 0.29) is 18.6 Å². The third-order valence-corrected chi connectivity index (χ3v) is 3.32. The maximum atomic E-state index is 13.7. The van der Waals surface area contributed by atoms with Gasteiger partial charge in [-0.1, -0.05) is 0 Å². The van der Waals surface area contributed by atoms with Gasteiger partial charge in [0.15, 0.2) is 24.0 Å². The van der Waals surface area contributed by atoms with Crippen molar-refractivity contribution < 1.29 is 18.3 Å². The van der Waals surface area contributed by atoms with Crippen LogP contribution in [0.3, 0.4) is 0 Å². The monoisotopic (exact) mass is 284 g/mol. The molecule has 20 heavy (non-hydrogen) atoms. The average Bonchev–Trinajstić information content (AvgIpc) is 3.21. The molecule has 1 aromatic rings. The molecule has 0 heterocycles. The Bertz CT molecular complexity index is 481. The van der Waals surface area contributed by atoms with Crippen molar-refractivity contribution in [2.45, 2.75) is 25.3 Å². The molecule has 0 atom stereocenters. The van der Waals surface area contributed by atoms with Gasteiger partial charge in [0.05, 0.1) is 0 Å². The summed E-state index contributed by atoms with van der Waals surface area (Å²) >= 11 is 0. The van der Waals surface area contributed by atoms with Gasteiger partial charge < -0.3 is 15.4 Å². The molecule has 0 bridgehead atoms. The molecule has 0 radical (unpaired) electrons. The van der Waals surface area contributed by atoms with Crippen molar-refractivity contribution >= 4 is 5.91 Å². The molecule has 0 spiro atoms. The Morgan fingerprint density at radius 3 is 2.50 bits per heavy atom. The number of nitrogens with two attached hydrogens (primary N) is 1. The summed E-state index contributed by atoms with van der Waals surface area (Å²) in [5.74, 6) is -2.41. The van der Waals surface area contributed by atoms with E-state index in [0.717, 1.165) is 12.8 Å². The summed E-state index contributed by atoms with van der Waals surface area (Å²) in [5, 5.41) is 0. The number of amides is 1. The Labute approximate surface area is 116 Å². The summed E-state index contributed by atoms with van der Waals surface area (Å²) < 4.78 is 32.4. The van der Waals surface area contributed by atoms with Gasteiger partial charge in [-0.05, 0) is 43.5 Å². The third kappa shape index (κ3) is 3.45. The fourth-order valence-corrected chi connectivity index (χ4v) is 1.96. The number of carbonyl (C=O) groups excluding carboxylic acids is 1. The molecular formula is C14H18F2N2O2. The Morgan fingerprint density at radius 1 is 1.40 bits per heavy atom. The first-order valence-corrected chi connectivity index (χ1v) is 6.59. The Hall–Kier alpha value is -1.69. The maximum Gasteiger partial charge on any atom is 0.260 e. The number of carbonyl (C=O) groups is 1. The van der Waals surface area contributed by atoms with Gasteiger partial charge in [0.2, 0.25) is 0 Å². The fourth-order valence-electron chi connectivity index (χ4n) is 1.96. The minimum absolute atomic E-state index is 0.243. The maximum absolute atomic E-state index is 13.7. The highest BCUT2D eigenvalue weighted by atomic mass is 19.1. The second-order valence-electron chi connectivity index (χ2n) is 4.95. The van der Waals surface area contributed by atoms with E-state index in [1.54, 1.807) is 11.9 Å². The lowest BCUT2D eigenvalue weighted by Gasteiger charge is -2.17. The standard InChI is InChI=1S/C14H18F2N2O2/c1-18(10-2-3-10)13(19)8-20-14-11(15)6-9(4-5-17)7-12(14)16/h6-7,10H,2-5,8,17H2,1H3. The lowest BCUT2D eigenvalue weighted by molar-refractivity contribution is -0.132. The van der Waals surface area contributed by atoms with Gasteiger partial charge in [-0.2, -0.15) is 0 Å². The largest absolute Gasteiger partial charge is 0.478 e. The number of nitrogens with zero attached hydrogens (tertiary/aromatic N) is 1. The van der Waals surface area contributed by atoms with Crippen molar-refractivity contribution in [3.8, 4) is 5.75 Å². The van der Waals surface area contributed by atoms with Crippen LogP contribution in [-0.4, -0.2) is 37.0 Å². The topological polar surface area (TPSA) is 55.6 Å². The summed E-state index contributed by atoms with van der Waals surface area (Å²) in [6.07, 6.45) is 2.33. The Kier molecular flexibility index (Phi) is 4.54. The predicted octanol–water partition coefficient (Wildman–Crippen LogP) is 1.47. The number of hydrogen-bond acceptors (Lipinski definition) is 3. The van der Waals surface area contributed by atoms with E-state index in [9.17, 15) is 13.6 Å².